The van der Waals surface area contributed by atoms with Gasteiger partial charge in [-0.1, -0.05) is 6.42 Å². The molecule has 2 fully saturated rings. The number of nitrogens with one attached hydrogen (secondary N) is 1. The molecule has 1 atom stereocenters. The van der Waals surface area contributed by atoms with Gasteiger partial charge in [-0.25, -0.2) is 9.80 Å². The van der Waals surface area contributed by atoms with Crippen molar-refractivity contribution in [3.8, 4) is 0 Å². The van der Waals surface area contributed by atoms with Crippen LogP contribution < -0.4 is 5.43 Å². The number of hydrogen-bond donors (Lipinski definition) is 2. The molecule has 0 bridgehead atoms. The van der Waals surface area contributed by atoms with Crippen molar-refractivity contribution in [1.82, 2.24) is 15.3 Å². The normalized spacial score (nSPS) is 25.8. The van der Waals surface area contributed by atoms with Crippen LogP contribution in [0, 0.1) is 5.92 Å². The molecule has 6 heteroatoms. The summed E-state index contributed by atoms with van der Waals surface area (Å²) in [5, 5.41) is 10.9. The first-order valence-electron chi connectivity index (χ1n) is 6.70. The topological polar surface area (TPSA) is 72.9 Å². The zero-order chi connectivity index (χ0) is 13.0. The molecule has 0 aliphatic carbocycles. The SMILES string of the molecule is O=C(O)C1CCCN(C(=O)NN2CCCCC2)C1. The van der Waals surface area contributed by atoms with Crippen LogP contribution in [-0.2, 0) is 4.79 Å². The second-order valence-corrected chi connectivity index (χ2v) is 5.09. The molecular weight excluding hydrogens is 234 g/mol. The number of amides is 2. The number of carbonyl (C=O) groups excluding carboxylic acids is 1. The number of rotatable bonds is 2. The number of hydrogen-bond acceptors (Lipinski definition) is 3. The van der Waals surface area contributed by atoms with E-state index >= 15 is 0 Å². The highest BCUT2D eigenvalue weighted by molar-refractivity contribution is 5.76. The molecule has 1 unspecified atom stereocenters. The fourth-order valence-electron chi connectivity index (χ4n) is 2.57. The zero-order valence-electron chi connectivity index (χ0n) is 10.6. The summed E-state index contributed by atoms with van der Waals surface area (Å²) in [6.07, 6.45) is 4.88. The Morgan fingerprint density at radius 3 is 2.44 bits per heavy atom. The van der Waals surface area contributed by atoms with Gasteiger partial charge in [-0.3, -0.25) is 10.2 Å². The van der Waals surface area contributed by atoms with Crippen LogP contribution in [-0.4, -0.2) is 53.2 Å². The van der Waals surface area contributed by atoms with Gasteiger partial charge in [0.05, 0.1) is 5.92 Å². The Hall–Kier alpha value is -1.30. The Bertz CT molecular complexity index is 316. The fourth-order valence-corrected chi connectivity index (χ4v) is 2.57. The number of urea groups is 1. The largest absolute Gasteiger partial charge is 0.481 e. The lowest BCUT2D eigenvalue weighted by atomic mass is 9.99. The minimum atomic E-state index is -0.800. The highest BCUT2D eigenvalue weighted by atomic mass is 16.4. The molecule has 0 saturated carbocycles. The van der Waals surface area contributed by atoms with E-state index in [1.807, 2.05) is 5.01 Å². The third-order valence-corrected chi connectivity index (χ3v) is 3.67. The van der Waals surface area contributed by atoms with E-state index in [1.54, 1.807) is 4.90 Å². The van der Waals surface area contributed by atoms with Crippen LogP contribution in [0.25, 0.3) is 0 Å². The maximum absolute atomic E-state index is 12.0. The second kappa shape index (κ2) is 6.04. The first kappa shape index (κ1) is 13.1. The van der Waals surface area contributed by atoms with E-state index in [0.717, 1.165) is 32.4 Å². The summed E-state index contributed by atoms with van der Waals surface area (Å²) >= 11 is 0. The minimum absolute atomic E-state index is 0.150. The molecule has 102 valence electrons. The summed E-state index contributed by atoms with van der Waals surface area (Å²) in [5.41, 5.74) is 2.88. The molecule has 2 heterocycles. The zero-order valence-corrected chi connectivity index (χ0v) is 10.6. The summed E-state index contributed by atoms with van der Waals surface area (Å²) in [7, 11) is 0. The Kier molecular flexibility index (Phi) is 4.41. The molecular formula is C12H21N3O3. The molecule has 2 saturated heterocycles. The van der Waals surface area contributed by atoms with Gasteiger partial charge in [0, 0.05) is 26.2 Å². The number of carbonyl (C=O) groups is 2. The highest BCUT2D eigenvalue weighted by Crippen LogP contribution is 2.17. The molecule has 0 aromatic rings. The van der Waals surface area contributed by atoms with Crippen LogP contribution in [0.2, 0.25) is 0 Å². The van der Waals surface area contributed by atoms with Gasteiger partial charge in [0.15, 0.2) is 0 Å². The van der Waals surface area contributed by atoms with Crippen LogP contribution in [0.5, 0.6) is 0 Å². The predicted molar refractivity (Wildman–Crippen MR) is 65.9 cm³/mol. The van der Waals surface area contributed by atoms with Crippen LogP contribution >= 0.6 is 0 Å². The van der Waals surface area contributed by atoms with E-state index in [2.05, 4.69) is 5.43 Å². The van der Waals surface area contributed by atoms with Crippen molar-refractivity contribution in [2.24, 2.45) is 5.92 Å². The van der Waals surface area contributed by atoms with Crippen molar-refractivity contribution in [2.45, 2.75) is 32.1 Å². The van der Waals surface area contributed by atoms with E-state index in [4.69, 9.17) is 5.11 Å². The van der Waals surface area contributed by atoms with Crippen LogP contribution in [0.1, 0.15) is 32.1 Å². The first-order valence-corrected chi connectivity index (χ1v) is 6.70. The van der Waals surface area contributed by atoms with E-state index in [-0.39, 0.29) is 6.03 Å². The molecule has 2 rings (SSSR count). The predicted octanol–water partition coefficient (Wildman–Crippen LogP) is 0.893. The molecule has 18 heavy (non-hydrogen) atoms. The summed E-state index contributed by atoms with van der Waals surface area (Å²) in [6, 6.07) is -0.150. The van der Waals surface area contributed by atoms with E-state index in [1.165, 1.54) is 6.42 Å². The molecule has 0 spiro atoms. The summed E-state index contributed by atoms with van der Waals surface area (Å²) in [4.78, 5) is 24.6. The van der Waals surface area contributed by atoms with E-state index < -0.39 is 11.9 Å². The summed E-state index contributed by atoms with van der Waals surface area (Å²) in [5.74, 6) is -1.21. The number of nitrogens with zero attached hydrogens (tertiary/aromatic N) is 2. The molecule has 2 aliphatic rings. The third-order valence-electron chi connectivity index (χ3n) is 3.67. The molecule has 2 amide bonds. The molecule has 0 aromatic carbocycles. The minimum Gasteiger partial charge on any atom is -0.481 e. The Morgan fingerprint density at radius 1 is 1.06 bits per heavy atom. The lowest BCUT2D eigenvalue weighted by molar-refractivity contribution is -0.143. The Balaban J connectivity index is 1.82. The van der Waals surface area contributed by atoms with E-state index in [0.29, 0.717) is 19.5 Å². The van der Waals surface area contributed by atoms with Gasteiger partial charge in [0.2, 0.25) is 0 Å². The number of likely N-dealkylation sites (tertiary alicyclic amines) is 1. The average Bonchev–Trinajstić information content (AvgIpc) is 2.40. The van der Waals surface area contributed by atoms with Gasteiger partial charge in [-0.05, 0) is 25.7 Å². The van der Waals surface area contributed by atoms with Gasteiger partial charge >= 0.3 is 12.0 Å². The summed E-state index contributed by atoms with van der Waals surface area (Å²) in [6.45, 7) is 2.77. The Morgan fingerprint density at radius 2 is 1.78 bits per heavy atom. The van der Waals surface area contributed by atoms with E-state index in [9.17, 15) is 9.59 Å². The van der Waals surface area contributed by atoms with Gasteiger partial charge < -0.3 is 10.0 Å². The van der Waals surface area contributed by atoms with Crippen molar-refractivity contribution in [1.29, 1.82) is 0 Å². The van der Waals surface area contributed by atoms with Crippen LogP contribution in [0.3, 0.4) is 0 Å². The van der Waals surface area contributed by atoms with Crippen molar-refractivity contribution in [2.75, 3.05) is 26.2 Å². The Labute approximate surface area is 107 Å². The van der Waals surface area contributed by atoms with Crippen molar-refractivity contribution in [3.63, 3.8) is 0 Å². The second-order valence-electron chi connectivity index (χ2n) is 5.09. The van der Waals surface area contributed by atoms with Gasteiger partial charge in [-0.2, -0.15) is 0 Å². The quantitative estimate of drug-likeness (QED) is 0.768. The van der Waals surface area contributed by atoms with Crippen molar-refractivity contribution < 1.29 is 14.7 Å². The maximum Gasteiger partial charge on any atom is 0.331 e. The van der Waals surface area contributed by atoms with Crippen molar-refractivity contribution >= 4 is 12.0 Å². The fraction of sp³-hybridized carbons (Fsp3) is 0.833. The number of carboxylic acid groups (broad SMARTS) is 1. The maximum atomic E-state index is 12.0. The molecule has 2 aliphatic heterocycles. The lowest BCUT2D eigenvalue weighted by Gasteiger charge is -2.34. The number of piperidine rings is 2. The third kappa shape index (κ3) is 3.35. The first-order chi connectivity index (χ1) is 8.66. The van der Waals surface area contributed by atoms with Crippen molar-refractivity contribution in [3.05, 3.63) is 0 Å². The van der Waals surface area contributed by atoms with Gasteiger partial charge in [0.25, 0.3) is 0 Å². The smallest absolute Gasteiger partial charge is 0.331 e. The lowest BCUT2D eigenvalue weighted by Crippen LogP contribution is -2.53. The number of hydrazine groups is 1. The number of aliphatic carboxylic acids is 1. The number of carboxylic acids is 1. The highest BCUT2D eigenvalue weighted by Gasteiger charge is 2.28. The molecule has 6 nitrogen and oxygen atoms in total. The van der Waals surface area contributed by atoms with Gasteiger partial charge in [-0.15, -0.1) is 0 Å². The summed E-state index contributed by atoms with van der Waals surface area (Å²) < 4.78 is 0. The molecule has 0 aromatic heterocycles. The monoisotopic (exact) mass is 255 g/mol. The average molecular weight is 255 g/mol. The van der Waals surface area contributed by atoms with Gasteiger partial charge in [0.1, 0.15) is 0 Å². The molecule has 0 radical (unpaired) electrons. The van der Waals surface area contributed by atoms with Crippen LogP contribution in [0.15, 0.2) is 0 Å². The van der Waals surface area contributed by atoms with Crippen LogP contribution in [0.4, 0.5) is 4.79 Å². The molecule has 2 N–H and O–H groups in total. The standard InChI is InChI=1S/C12H21N3O3/c16-11(17)10-5-4-6-14(9-10)12(18)13-15-7-2-1-3-8-15/h10H,1-9H2,(H,13,18)(H,16,17).